The summed E-state index contributed by atoms with van der Waals surface area (Å²) in [4.78, 5) is 28.3. The van der Waals surface area contributed by atoms with Crippen LogP contribution in [0, 0.1) is 12.8 Å². The van der Waals surface area contributed by atoms with Crippen molar-refractivity contribution in [2.24, 2.45) is 22.4 Å². The van der Waals surface area contributed by atoms with Crippen LogP contribution in [0.4, 0.5) is 0 Å². The third kappa shape index (κ3) is 3.79. The first-order valence-electron chi connectivity index (χ1n) is 7.98. The van der Waals surface area contributed by atoms with E-state index in [1.807, 2.05) is 6.92 Å². The number of nitrogens with zero attached hydrogens (tertiary/aromatic N) is 2. The van der Waals surface area contributed by atoms with Gasteiger partial charge in [0, 0.05) is 6.54 Å². The van der Waals surface area contributed by atoms with Crippen molar-refractivity contribution in [2.75, 3.05) is 13.7 Å². The third-order valence-electron chi connectivity index (χ3n) is 4.16. The van der Waals surface area contributed by atoms with Crippen molar-refractivity contribution in [1.82, 2.24) is 4.31 Å². The van der Waals surface area contributed by atoms with E-state index in [1.165, 1.54) is 12.1 Å². The maximum Gasteiger partial charge on any atom is 0.330 e. The number of rotatable bonds is 7. The van der Waals surface area contributed by atoms with Gasteiger partial charge in [-0.15, -0.1) is 0 Å². The van der Waals surface area contributed by atoms with Gasteiger partial charge in [-0.05, 0) is 31.9 Å². The minimum Gasteiger partial charge on any atom is -0.467 e. The third-order valence-corrected chi connectivity index (χ3v) is 5.95. The number of guanidine groups is 1. The Balaban J connectivity index is 2.22. The zero-order chi connectivity index (χ0) is 19.5. The van der Waals surface area contributed by atoms with Gasteiger partial charge in [0.2, 0.25) is 5.91 Å². The molecule has 1 aromatic carbocycles. The first-order valence-corrected chi connectivity index (χ1v) is 9.42. The molecule has 0 bridgehead atoms. The molecular weight excluding hydrogens is 360 g/mol. The average Bonchev–Trinajstić information content (AvgIpc) is 2.58. The van der Waals surface area contributed by atoms with Gasteiger partial charge in [-0.1, -0.05) is 17.7 Å². The van der Waals surface area contributed by atoms with E-state index in [9.17, 15) is 18.0 Å². The van der Waals surface area contributed by atoms with Crippen LogP contribution in [-0.4, -0.2) is 50.3 Å². The predicted molar refractivity (Wildman–Crippen MR) is 94.4 cm³/mol. The van der Waals surface area contributed by atoms with Crippen LogP contribution in [0.25, 0.3) is 0 Å². The van der Waals surface area contributed by atoms with Crippen LogP contribution < -0.4 is 11.5 Å². The van der Waals surface area contributed by atoms with Crippen LogP contribution in [0.3, 0.4) is 0 Å². The largest absolute Gasteiger partial charge is 0.467 e. The molecule has 4 N–H and O–H groups in total. The summed E-state index contributed by atoms with van der Waals surface area (Å²) < 4.78 is 30.8. The van der Waals surface area contributed by atoms with E-state index in [0.717, 1.165) is 12.7 Å². The number of ether oxygens (including phenoxy) is 1. The quantitative estimate of drug-likeness (QED) is 0.217. The first kappa shape index (κ1) is 19.7. The fourth-order valence-corrected chi connectivity index (χ4v) is 4.40. The minimum absolute atomic E-state index is 0.0516. The molecule has 142 valence electrons. The lowest BCUT2D eigenvalue weighted by Gasteiger charge is -2.43. The van der Waals surface area contributed by atoms with Crippen LogP contribution >= 0.6 is 0 Å². The van der Waals surface area contributed by atoms with Crippen molar-refractivity contribution >= 4 is 27.9 Å². The Hall–Kier alpha value is -2.62. The molecule has 26 heavy (non-hydrogen) atoms. The van der Waals surface area contributed by atoms with Crippen molar-refractivity contribution in [2.45, 2.75) is 30.7 Å². The number of benzene rings is 1. The van der Waals surface area contributed by atoms with Crippen LogP contribution in [0.2, 0.25) is 0 Å². The fraction of sp³-hybridized carbons (Fsp3) is 0.438. The zero-order valence-corrected chi connectivity index (χ0v) is 15.4. The second-order valence-electron chi connectivity index (χ2n) is 5.98. The smallest absolute Gasteiger partial charge is 0.330 e. The lowest BCUT2D eigenvalue weighted by Crippen LogP contribution is -2.66. The lowest BCUT2D eigenvalue weighted by atomic mass is 9.86. The summed E-state index contributed by atoms with van der Waals surface area (Å²) in [6.45, 7) is 2.10. The maximum atomic E-state index is 12.8. The number of hydrogen-bond acceptors (Lipinski definition) is 6. The van der Waals surface area contributed by atoms with Gasteiger partial charge in [-0.3, -0.25) is 9.79 Å². The molecule has 1 heterocycles. The van der Waals surface area contributed by atoms with Crippen LogP contribution in [0.15, 0.2) is 34.2 Å². The lowest BCUT2D eigenvalue weighted by molar-refractivity contribution is -0.165. The van der Waals surface area contributed by atoms with Crippen molar-refractivity contribution in [3.8, 4) is 0 Å². The van der Waals surface area contributed by atoms with Gasteiger partial charge in [-0.25, -0.2) is 17.5 Å². The summed E-state index contributed by atoms with van der Waals surface area (Å²) in [7, 11) is -2.98. The number of carbonyl (C=O) groups is 2. The molecule has 0 radical (unpaired) electrons. The molecule has 0 spiro atoms. The molecule has 2 atom stereocenters. The van der Waals surface area contributed by atoms with Gasteiger partial charge in [0.05, 0.1) is 17.9 Å². The molecule has 0 aromatic heterocycles. The van der Waals surface area contributed by atoms with Crippen LogP contribution in [-0.2, 0) is 24.3 Å². The number of sulfonamides is 1. The number of nitrogens with two attached hydrogens (primary N) is 2. The first-order chi connectivity index (χ1) is 12.2. The van der Waals surface area contributed by atoms with Gasteiger partial charge in [0.1, 0.15) is 0 Å². The second-order valence-corrected chi connectivity index (χ2v) is 7.79. The number of carbonyl (C=O) groups excluding carboxylic acids is 2. The molecule has 2 rings (SSSR count). The summed E-state index contributed by atoms with van der Waals surface area (Å²) in [6, 6.07) is 4.86. The highest BCUT2D eigenvalue weighted by molar-refractivity contribution is 7.89. The van der Waals surface area contributed by atoms with E-state index >= 15 is 0 Å². The number of amides is 1. The molecular formula is C16H22N4O5S. The Morgan fingerprint density at radius 2 is 1.88 bits per heavy atom. The average molecular weight is 382 g/mol. The van der Waals surface area contributed by atoms with E-state index in [2.05, 4.69) is 4.99 Å². The molecule has 1 aromatic rings. The number of hydrogen-bond donors (Lipinski definition) is 2. The molecule has 0 unspecified atom stereocenters. The van der Waals surface area contributed by atoms with Crippen LogP contribution in [0.5, 0.6) is 0 Å². The van der Waals surface area contributed by atoms with Gasteiger partial charge < -0.3 is 16.2 Å². The summed E-state index contributed by atoms with van der Waals surface area (Å²) in [5.74, 6) is -2.26. The highest BCUT2D eigenvalue weighted by atomic mass is 32.2. The number of methoxy groups -OCH3 is 1. The van der Waals surface area contributed by atoms with E-state index in [4.69, 9.17) is 16.2 Å². The number of aryl methyl sites for hydroxylation is 1. The topological polar surface area (TPSA) is 145 Å². The van der Waals surface area contributed by atoms with Crippen molar-refractivity contribution in [1.29, 1.82) is 0 Å². The monoisotopic (exact) mass is 382 g/mol. The van der Waals surface area contributed by atoms with E-state index in [1.54, 1.807) is 12.1 Å². The van der Waals surface area contributed by atoms with E-state index < -0.39 is 33.9 Å². The summed E-state index contributed by atoms with van der Waals surface area (Å²) in [6.07, 6.45) is 0.704. The van der Waals surface area contributed by atoms with Gasteiger partial charge in [-0.2, -0.15) is 0 Å². The number of esters is 1. The van der Waals surface area contributed by atoms with Crippen LogP contribution in [0.1, 0.15) is 18.4 Å². The summed E-state index contributed by atoms with van der Waals surface area (Å²) in [5.41, 5.74) is 11.3. The Morgan fingerprint density at radius 3 is 2.42 bits per heavy atom. The number of β-lactam (4-membered cyclic amide) rings is 1. The SMILES string of the molecule is COC(=O)[C@H]1[C@H](CCCN=C(N)N)C(=O)N1S(=O)(=O)c1ccc(C)cc1. The van der Waals surface area contributed by atoms with Crippen molar-refractivity contribution in [3.05, 3.63) is 29.8 Å². The Bertz CT molecular complexity index is 816. The zero-order valence-electron chi connectivity index (χ0n) is 14.6. The number of aliphatic imine (C=N–C) groups is 1. The predicted octanol–water partition coefficient (Wildman–Crippen LogP) is -0.263. The standard InChI is InChI=1S/C16H22N4O5S/c1-10-5-7-11(8-6-10)26(23,24)20-13(15(22)25-2)12(14(20)21)4-3-9-19-16(17)18/h5-8,12-13H,3-4,9H2,1-2H3,(H4,17,18,19)/t12-,13+/m0/s1. The minimum atomic E-state index is -4.13. The molecule has 1 fully saturated rings. The Morgan fingerprint density at radius 1 is 1.27 bits per heavy atom. The summed E-state index contributed by atoms with van der Waals surface area (Å²) >= 11 is 0. The maximum absolute atomic E-state index is 12.8. The molecule has 0 saturated carbocycles. The molecule has 1 aliphatic rings. The second kappa shape index (κ2) is 7.73. The molecule has 9 nitrogen and oxygen atoms in total. The Labute approximate surface area is 152 Å². The fourth-order valence-electron chi connectivity index (χ4n) is 2.79. The molecule has 10 heteroatoms. The van der Waals surface area contributed by atoms with Gasteiger partial charge in [0.25, 0.3) is 10.0 Å². The van der Waals surface area contributed by atoms with Crippen molar-refractivity contribution in [3.63, 3.8) is 0 Å². The van der Waals surface area contributed by atoms with Crippen molar-refractivity contribution < 1.29 is 22.7 Å². The Kier molecular flexibility index (Phi) is 5.86. The normalized spacial score (nSPS) is 19.6. The summed E-state index contributed by atoms with van der Waals surface area (Å²) in [5, 5.41) is 0. The highest BCUT2D eigenvalue weighted by Gasteiger charge is 2.57. The molecule has 1 aliphatic heterocycles. The van der Waals surface area contributed by atoms with E-state index in [0.29, 0.717) is 10.7 Å². The van der Waals surface area contributed by atoms with Gasteiger partial charge >= 0.3 is 5.97 Å². The van der Waals surface area contributed by atoms with Gasteiger partial charge in [0.15, 0.2) is 12.0 Å². The highest BCUT2D eigenvalue weighted by Crippen LogP contribution is 2.36. The molecule has 1 amide bonds. The molecule has 1 saturated heterocycles. The van der Waals surface area contributed by atoms with E-state index in [-0.39, 0.29) is 23.8 Å². The molecule has 0 aliphatic carbocycles.